The van der Waals surface area contributed by atoms with Crippen LogP contribution in [0.1, 0.15) is 15.9 Å². The van der Waals surface area contributed by atoms with Crippen LogP contribution in [0, 0.1) is 6.92 Å². The van der Waals surface area contributed by atoms with E-state index < -0.39 is 0 Å². The molecule has 2 aromatic carbocycles. The van der Waals surface area contributed by atoms with Crippen molar-refractivity contribution < 1.29 is 4.79 Å². The number of benzene rings is 2. The summed E-state index contributed by atoms with van der Waals surface area (Å²) in [6.45, 7) is 1.97. The van der Waals surface area contributed by atoms with Gasteiger partial charge in [-0.15, -0.1) is 0 Å². The first-order valence-electron chi connectivity index (χ1n) is 5.85. The van der Waals surface area contributed by atoms with E-state index in [9.17, 15) is 4.79 Å². The van der Waals surface area contributed by atoms with Crippen molar-refractivity contribution in [2.45, 2.75) is 6.92 Å². The van der Waals surface area contributed by atoms with Gasteiger partial charge in [-0.2, -0.15) is 0 Å². The Morgan fingerprint density at radius 3 is 2.44 bits per heavy atom. The zero-order chi connectivity index (χ0) is 13.0. The van der Waals surface area contributed by atoms with Crippen molar-refractivity contribution in [3.8, 4) is 0 Å². The maximum absolute atomic E-state index is 12.2. The Morgan fingerprint density at radius 1 is 1.06 bits per heavy atom. The molecule has 0 fully saturated rings. The minimum absolute atomic E-state index is 0.103. The topological polar surface area (TPSA) is 41.1 Å². The van der Waals surface area contributed by atoms with E-state index in [4.69, 9.17) is 0 Å². The van der Waals surface area contributed by atoms with Gasteiger partial charge >= 0.3 is 0 Å². The summed E-state index contributed by atoms with van der Waals surface area (Å²) in [4.78, 5) is 12.2. The number of hydrogen-bond acceptors (Lipinski definition) is 2. The van der Waals surface area contributed by atoms with Crippen LogP contribution in [0.4, 0.5) is 11.4 Å². The minimum atomic E-state index is -0.103. The number of anilines is 2. The van der Waals surface area contributed by atoms with Gasteiger partial charge in [0.25, 0.3) is 5.91 Å². The molecular weight excluding hydrogens is 224 g/mol. The van der Waals surface area contributed by atoms with Crippen molar-refractivity contribution in [1.29, 1.82) is 0 Å². The van der Waals surface area contributed by atoms with Crippen molar-refractivity contribution in [3.05, 3.63) is 59.7 Å². The van der Waals surface area contributed by atoms with Gasteiger partial charge < -0.3 is 10.6 Å². The summed E-state index contributed by atoms with van der Waals surface area (Å²) in [6.07, 6.45) is 0. The van der Waals surface area contributed by atoms with Gasteiger partial charge in [-0.25, -0.2) is 0 Å². The molecule has 0 aromatic heterocycles. The first-order chi connectivity index (χ1) is 8.70. The fourth-order valence-electron chi connectivity index (χ4n) is 1.78. The molecule has 0 atom stereocenters. The second kappa shape index (κ2) is 5.36. The Hall–Kier alpha value is -2.29. The summed E-state index contributed by atoms with van der Waals surface area (Å²) in [6, 6.07) is 15.2. The van der Waals surface area contributed by atoms with Crippen LogP contribution in [0.3, 0.4) is 0 Å². The highest BCUT2D eigenvalue weighted by atomic mass is 16.1. The molecule has 0 saturated heterocycles. The smallest absolute Gasteiger partial charge is 0.257 e. The highest BCUT2D eigenvalue weighted by Gasteiger charge is 2.10. The standard InChI is InChI=1S/C15H16N2O/c1-11-8-9-14(16-2)13(10-11)15(18)17-12-6-4-3-5-7-12/h3-10,16H,1-2H3,(H,17,18). The number of amides is 1. The minimum Gasteiger partial charge on any atom is -0.387 e. The van der Waals surface area contributed by atoms with E-state index in [1.807, 2.05) is 62.5 Å². The monoisotopic (exact) mass is 240 g/mol. The number of carbonyl (C=O) groups excluding carboxylic acids is 1. The fourth-order valence-corrected chi connectivity index (χ4v) is 1.78. The largest absolute Gasteiger partial charge is 0.387 e. The van der Waals surface area contributed by atoms with Crippen molar-refractivity contribution in [3.63, 3.8) is 0 Å². The van der Waals surface area contributed by atoms with Crippen molar-refractivity contribution in [1.82, 2.24) is 0 Å². The predicted molar refractivity (Wildman–Crippen MR) is 75.1 cm³/mol. The summed E-state index contributed by atoms with van der Waals surface area (Å²) in [5.41, 5.74) is 3.34. The molecule has 92 valence electrons. The molecule has 0 bridgehead atoms. The summed E-state index contributed by atoms with van der Waals surface area (Å²) < 4.78 is 0. The van der Waals surface area contributed by atoms with E-state index >= 15 is 0 Å². The highest BCUT2D eigenvalue weighted by molar-refractivity contribution is 6.08. The van der Waals surface area contributed by atoms with Gasteiger partial charge in [-0.3, -0.25) is 4.79 Å². The summed E-state index contributed by atoms with van der Waals surface area (Å²) in [5, 5.41) is 5.91. The van der Waals surface area contributed by atoms with Gasteiger partial charge in [0.2, 0.25) is 0 Å². The van der Waals surface area contributed by atoms with Crippen LogP contribution in [-0.4, -0.2) is 13.0 Å². The highest BCUT2D eigenvalue weighted by Crippen LogP contribution is 2.18. The van der Waals surface area contributed by atoms with Crippen molar-refractivity contribution in [2.24, 2.45) is 0 Å². The summed E-state index contributed by atoms with van der Waals surface area (Å²) >= 11 is 0. The molecule has 2 rings (SSSR count). The zero-order valence-corrected chi connectivity index (χ0v) is 10.5. The van der Waals surface area contributed by atoms with Gasteiger partial charge in [0.1, 0.15) is 0 Å². The van der Waals surface area contributed by atoms with Crippen LogP contribution in [0.5, 0.6) is 0 Å². The van der Waals surface area contributed by atoms with Crippen LogP contribution in [0.2, 0.25) is 0 Å². The molecule has 3 nitrogen and oxygen atoms in total. The van der Waals surface area contributed by atoms with Crippen LogP contribution < -0.4 is 10.6 Å². The number of para-hydroxylation sites is 1. The molecule has 0 heterocycles. The first-order valence-corrected chi connectivity index (χ1v) is 5.85. The van der Waals surface area contributed by atoms with Crippen LogP contribution in [0.15, 0.2) is 48.5 Å². The SMILES string of the molecule is CNc1ccc(C)cc1C(=O)Nc1ccccc1. The third-order valence-corrected chi connectivity index (χ3v) is 2.72. The Labute approximate surface area is 107 Å². The molecule has 2 N–H and O–H groups in total. The van der Waals surface area contributed by atoms with Gasteiger partial charge in [-0.1, -0.05) is 29.8 Å². The van der Waals surface area contributed by atoms with E-state index in [1.165, 1.54) is 0 Å². The molecule has 0 aliphatic carbocycles. The van der Waals surface area contributed by atoms with Gasteiger partial charge in [0.05, 0.1) is 5.56 Å². The van der Waals surface area contributed by atoms with Crippen LogP contribution in [0.25, 0.3) is 0 Å². The molecular formula is C15H16N2O. The Kier molecular flexibility index (Phi) is 3.63. The van der Waals surface area contributed by atoms with Crippen molar-refractivity contribution >= 4 is 17.3 Å². The lowest BCUT2D eigenvalue weighted by atomic mass is 10.1. The summed E-state index contributed by atoms with van der Waals surface area (Å²) in [7, 11) is 1.81. The first kappa shape index (κ1) is 12.2. The molecule has 18 heavy (non-hydrogen) atoms. The third-order valence-electron chi connectivity index (χ3n) is 2.72. The van der Waals surface area contributed by atoms with E-state index in [1.54, 1.807) is 0 Å². The van der Waals surface area contributed by atoms with Gasteiger partial charge in [0, 0.05) is 18.4 Å². The van der Waals surface area contributed by atoms with Crippen molar-refractivity contribution in [2.75, 3.05) is 17.7 Å². The molecule has 0 spiro atoms. The van der Waals surface area contributed by atoms with E-state index in [0.717, 1.165) is 16.9 Å². The number of nitrogens with one attached hydrogen (secondary N) is 2. The molecule has 0 saturated carbocycles. The lowest BCUT2D eigenvalue weighted by Gasteiger charge is -2.10. The number of aryl methyl sites for hydroxylation is 1. The lowest BCUT2D eigenvalue weighted by Crippen LogP contribution is -2.14. The van der Waals surface area contributed by atoms with Gasteiger partial charge in [0.15, 0.2) is 0 Å². The average Bonchev–Trinajstić information content (AvgIpc) is 2.40. The van der Waals surface area contributed by atoms with E-state index in [-0.39, 0.29) is 5.91 Å². The molecule has 0 unspecified atom stereocenters. The Morgan fingerprint density at radius 2 is 1.78 bits per heavy atom. The Bertz CT molecular complexity index is 550. The summed E-state index contributed by atoms with van der Waals surface area (Å²) in [5.74, 6) is -0.103. The Balaban J connectivity index is 2.26. The molecule has 0 aliphatic heterocycles. The maximum Gasteiger partial charge on any atom is 0.257 e. The van der Waals surface area contributed by atoms with Crippen LogP contribution in [-0.2, 0) is 0 Å². The lowest BCUT2D eigenvalue weighted by molar-refractivity contribution is 0.102. The quantitative estimate of drug-likeness (QED) is 0.864. The second-order valence-electron chi connectivity index (χ2n) is 4.12. The van der Waals surface area contributed by atoms with Crippen LogP contribution >= 0.6 is 0 Å². The van der Waals surface area contributed by atoms with Gasteiger partial charge in [-0.05, 0) is 31.2 Å². The predicted octanol–water partition coefficient (Wildman–Crippen LogP) is 3.29. The number of hydrogen-bond donors (Lipinski definition) is 2. The second-order valence-corrected chi connectivity index (χ2v) is 4.12. The third kappa shape index (κ3) is 2.69. The molecule has 0 aliphatic rings. The number of carbonyl (C=O) groups is 1. The van der Waals surface area contributed by atoms with E-state index in [0.29, 0.717) is 5.56 Å². The number of rotatable bonds is 3. The molecule has 0 radical (unpaired) electrons. The fraction of sp³-hybridized carbons (Fsp3) is 0.133. The average molecular weight is 240 g/mol. The molecule has 1 amide bonds. The normalized spacial score (nSPS) is 9.89. The molecule has 3 heteroatoms. The zero-order valence-electron chi connectivity index (χ0n) is 10.5. The molecule has 2 aromatic rings. The maximum atomic E-state index is 12.2. The van der Waals surface area contributed by atoms with E-state index in [2.05, 4.69) is 10.6 Å².